The number of nitro groups is 4. The predicted octanol–water partition coefficient (Wildman–Crippen LogP) is 2.97. The molecule has 6 saturated carbocycles. The molecule has 0 aromatic carbocycles. The van der Waals surface area contributed by atoms with Crippen LogP contribution in [-0.2, 0) is 0 Å². The fourth-order valence-electron chi connectivity index (χ4n) is 12.6. The Kier molecular flexibility index (Phi) is 3.68. The van der Waals surface area contributed by atoms with Crippen molar-refractivity contribution < 1.29 is 19.7 Å². The Morgan fingerprint density at radius 1 is 0.500 bits per heavy atom. The summed E-state index contributed by atoms with van der Waals surface area (Å²) in [6.07, 6.45) is 0. The van der Waals surface area contributed by atoms with Gasteiger partial charge in [0.25, 0.3) is 0 Å². The van der Waals surface area contributed by atoms with E-state index in [-0.39, 0.29) is 0 Å². The number of rotatable bonds is 7. The molecule has 0 bridgehead atoms. The summed E-state index contributed by atoms with van der Waals surface area (Å²) in [5.41, 5.74) is -7.52. The molecule has 176 valence electrons. The summed E-state index contributed by atoms with van der Waals surface area (Å²) in [5, 5.41) is 52.1. The Hall–Kier alpha value is -0.00390. The third-order valence-corrected chi connectivity index (χ3v) is 39.7. The van der Waals surface area contributed by atoms with Crippen LogP contribution in [0.1, 0.15) is 0 Å². The van der Waals surface area contributed by atoms with Crippen LogP contribution in [0.25, 0.3) is 0 Å². The van der Waals surface area contributed by atoms with Crippen LogP contribution in [0.15, 0.2) is 0 Å². The van der Waals surface area contributed by atoms with E-state index in [1.165, 1.54) is 0 Å². The summed E-state index contributed by atoms with van der Waals surface area (Å²) in [6, 6.07) is 0. The summed E-state index contributed by atoms with van der Waals surface area (Å²) in [5.74, 6) is -1.33. The van der Waals surface area contributed by atoms with E-state index in [9.17, 15) is 40.5 Å². The molecule has 0 aliphatic heterocycles. The van der Waals surface area contributed by atoms with Gasteiger partial charge in [-0.25, -0.2) is 0 Å². The number of nitrogens with zero attached hydrogens (tertiary/aromatic N) is 4. The first kappa shape index (κ1) is 23.7. The van der Waals surface area contributed by atoms with Gasteiger partial charge in [-0.05, 0) is 0 Å². The predicted molar refractivity (Wildman–Crippen MR) is 121 cm³/mol. The second-order valence-electron chi connectivity index (χ2n) is 13.5. The first-order valence-corrected chi connectivity index (χ1v) is 40.7. The maximum absolute atomic E-state index is 13.3. The molecule has 6 aliphatic carbocycles. The first-order chi connectivity index (χ1) is 14.1. The molecule has 15 heteroatoms. The fourth-order valence-corrected chi connectivity index (χ4v) is 58.8. The molecule has 0 amide bonds. The third-order valence-electron chi connectivity index (χ3n) is 10.8. The zero-order chi connectivity index (χ0) is 24.9. The summed E-state index contributed by atoms with van der Waals surface area (Å²) in [7, 11) is 0. The van der Waals surface area contributed by atoms with Gasteiger partial charge in [0.1, 0.15) is 0 Å². The molecule has 0 heterocycles. The number of hydrogen-bond donors (Lipinski definition) is 0. The van der Waals surface area contributed by atoms with Crippen molar-refractivity contribution in [1.82, 2.24) is 0 Å². The van der Waals surface area contributed by atoms with Crippen LogP contribution in [0, 0.1) is 46.4 Å². The van der Waals surface area contributed by atoms with E-state index in [0.717, 1.165) is 0 Å². The van der Waals surface area contributed by atoms with E-state index in [2.05, 4.69) is 0 Å². The zero-order valence-electron chi connectivity index (χ0n) is 19.6. The van der Waals surface area contributed by atoms with E-state index >= 15 is 0 Å². The molecule has 12 nitrogen and oxygen atoms in total. The Morgan fingerprint density at radius 2 is 0.719 bits per heavy atom. The van der Waals surface area contributed by atoms with Crippen LogP contribution < -0.4 is 0 Å². The Balaban J connectivity index is 2.09. The topological polar surface area (TPSA) is 173 Å². The molecular formula is C17H28N4O8Sn3. The molecule has 0 unspecified atom stereocenters. The molecule has 0 radical (unpaired) electrons. The normalized spacial score (nSPS) is 53.5. The molecule has 6 fully saturated rings. The SMILES string of the molecule is [CH3][Sn]([CH3])([CH3])[C]12C3([N+](=O)[O-])C4C1([N+](=O)[O-])[C]1([Sn]([CH3])([CH3])[CH3])C4([N+](=O)[O-])[C]3([Sn]([CH3])([CH3])[CH3])C21[N+](=O)[O-]. The van der Waals surface area contributed by atoms with Crippen LogP contribution in [0.3, 0.4) is 0 Å². The Labute approximate surface area is 196 Å². The maximum atomic E-state index is 13.3. The van der Waals surface area contributed by atoms with Crippen molar-refractivity contribution in [1.29, 1.82) is 0 Å². The van der Waals surface area contributed by atoms with Crippen molar-refractivity contribution in [2.75, 3.05) is 0 Å². The van der Waals surface area contributed by atoms with Crippen molar-refractivity contribution in [2.24, 2.45) is 5.92 Å². The molecule has 0 N–H and O–H groups in total. The molecule has 0 saturated heterocycles. The molecule has 0 spiro atoms. The molecule has 0 aromatic rings. The molecule has 0 aromatic heterocycles. The van der Waals surface area contributed by atoms with Crippen molar-refractivity contribution in [3.63, 3.8) is 0 Å². The molecule has 6 rings (SSSR count). The minimum absolute atomic E-state index is 0.430. The fraction of sp³-hybridized carbons (Fsp3) is 1.00. The summed E-state index contributed by atoms with van der Waals surface area (Å²) < 4.78 is -4.89. The van der Waals surface area contributed by atoms with Crippen LogP contribution in [0.4, 0.5) is 0 Å². The summed E-state index contributed by atoms with van der Waals surface area (Å²) in [6.45, 7) is 0. The van der Waals surface area contributed by atoms with E-state index in [4.69, 9.17) is 0 Å². The van der Waals surface area contributed by atoms with E-state index in [1.54, 1.807) is 0 Å². The molecule has 32 heavy (non-hydrogen) atoms. The summed E-state index contributed by atoms with van der Waals surface area (Å²) >= 11 is -11.8. The van der Waals surface area contributed by atoms with Gasteiger partial charge in [0.2, 0.25) is 0 Å². The standard InChI is InChI=1S/C8HN4O8.9CH3.3Sn/c13-9(14)5-1-6(10(15)16)2(5)8(12(19)20)3(5)7(1,4(6)8)11(17)18;;;;;;;;;;;;/h1H;9*1H3;;;. The van der Waals surface area contributed by atoms with E-state index < -0.39 is 113 Å². The van der Waals surface area contributed by atoms with Crippen LogP contribution in [0.5, 0.6) is 0 Å². The second-order valence-corrected chi connectivity index (χ2v) is 58.4. The van der Waals surface area contributed by atoms with Crippen molar-refractivity contribution in [3.05, 3.63) is 40.5 Å². The van der Waals surface area contributed by atoms with Crippen molar-refractivity contribution in [2.45, 2.75) is 76.9 Å². The molecule has 6 aliphatic rings. The monoisotopic (exact) mass is 776 g/mol. The van der Waals surface area contributed by atoms with Crippen LogP contribution in [-0.4, -0.2) is 97.0 Å². The van der Waals surface area contributed by atoms with Gasteiger partial charge in [0, 0.05) is 0 Å². The van der Waals surface area contributed by atoms with Gasteiger partial charge in [-0.2, -0.15) is 0 Å². The van der Waals surface area contributed by atoms with Crippen molar-refractivity contribution in [3.8, 4) is 0 Å². The summed E-state index contributed by atoms with van der Waals surface area (Å²) in [4.78, 5) is 66.7. The van der Waals surface area contributed by atoms with Gasteiger partial charge >= 0.3 is 198 Å². The van der Waals surface area contributed by atoms with E-state index in [0.29, 0.717) is 0 Å². The van der Waals surface area contributed by atoms with Gasteiger partial charge in [-0.3, -0.25) is 0 Å². The Morgan fingerprint density at radius 3 is 0.844 bits per heavy atom. The van der Waals surface area contributed by atoms with Crippen LogP contribution >= 0.6 is 0 Å². The van der Waals surface area contributed by atoms with Gasteiger partial charge in [-0.15, -0.1) is 0 Å². The molecule has 0 atom stereocenters. The van der Waals surface area contributed by atoms with Gasteiger partial charge in [-0.1, -0.05) is 0 Å². The van der Waals surface area contributed by atoms with Gasteiger partial charge in [0.05, 0.1) is 0 Å². The van der Waals surface area contributed by atoms with Crippen LogP contribution in [0.2, 0.25) is 54.7 Å². The quantitative estimate of drug-likeness (QED) is 0.216. The van der Waals surface area contributed by atoms with Gasteiger partial charge < -0.3 is 0 Å². The average Bonchev–Trinajstić information content (AvgIpc) is 2.54. The average molecular weight is 773 g/mol. The third kappa shape index (κ3) is 1.12. The number of hydrogen-bond acceptors (Lipinski definition) is 8. The van der Waals surface area contributed by atoms with E-state index in [1.807, 2.05) is 44.5 Å². The zero-order valence-corrected chi connectivity index (χ0v) is 28.2. The van der Waals surface area contributed by atoms with Gasteiger partial charge in [0.15, 0.2) is 0 Å². The minimum atomic E-state index is -3.93. The Bertz CT molecular complexity index is 978. The van der Waals surface area contributed by atoms with Crippen molar-refractivity contribution >= 4 is 55.1 Å². The first-order valence-electron chi connectivity index (χ1n) is 10.7. The molecular weight excluding hydrogens is 744 g/mol. The second kappa shape index (κ2) is 4.96.